The molecule has 7 heteroatoms. The number of halogens is 1. The number of thiazole rings is 1. The van der Waals surface area contributed by atoms with Gasteiger partial charge in [0.05, 0.1) is 10.2 Å². The molecule has 1 saturated heterocycles. The van der Waals surface area contributed by atoms with E-state index in [0.29, 0.717) is 23.5 Å². The van der Waals surface area contributed by atoms with Crippen LogP contribution in [0.25, 0.3) is 10.2 Å². The first-order chi connectivity index (χ1) is 11.6. The first kappa shape index (κ1) is 15.7. The number of fused-ring (bicyclic) bond motifs is 1. The summed E-state index contributed by atoms with van der Waals surface area (Å²) in [4.78, 5) is 21.2. The van der Waals surface area contributed by atoms with Crippen molar-refractivity contribution in [3.63, 3.8) is 0 Å². The fraction of sp³-hybridized carbons (Fsp3) is 0.294. The summed E-state index contributed by atoms with van der Waals surface area (Å²) in [6, 6.07) is 9.77. The van der Waals surface area contributed by atoms with Gasteiger partial charge in [-0.05, 0) is 52.7 Å². The highest BCUT2D eigenvalue weighted by molar-refractivity contribution is 9.10. The molecule has 3 aromatic rings. The summed E-state index contributed by atoms with van der Waals surface area (Å²) < 4.78 is 7.15. The predicted molar refractivity (Wildman–Crippen MR) is 98.9 cm³/mol. The summed E-state index contributed by atoms with van der Waals surface area (Å²) in [6.45, 7) is 5.01. The van der Waals surface area contributed by atoms with Crippen molar-refractivity contribution in [3.8, 4) is 0 Å². The maximum Gasteiger partial charge on any atom is 0.289 e. The Balaban J connectivity index is 1.46. The Labute approximate surface area is 152 Å². The number of nitrogens with zero attached hydrogens (tertiary/aromatic N) is 3. The fourth-order valence-corrected chi connectivity index (χ4v) is 4.26. The first-order valence-corrected chi connectivity index (χ1v) is 9.38. The summed E-state index contributed by atoms with van der Waals surface area (Å²) in [5.41, 5.74) is 2.29. The number of aryl methyl sites for hydroxylation is 1. The van der Waals surface area contributed by atoms with Crippen molar-refractivity contribution in [2.45, 2.75) is 6.92 Å². The molecule has 0 N–H and O–H groups in total. The Morgan fingerprint density at radius 3 is 2.71 bits per heavy atom. The molecule has 3 heterocycles. The Bertz CT molecular complexity index is 896. The highest BCUT2D eigenvalue weighted by atomic mass is 79.9. The zero-order chi connectivity index (χ0) is 16.7. The molecule has 1 fully saturated rings. The molecule has 0 spiro atoms. The van der Waals surface area contributed by atoms with Gasteiger partial charge in [-0.25, -0.2) is 4.98 Å². The molecule has 1 aliphatic rings. The molecule has 1 aromatic carbocycles. The number of aromatic nitrogens is 1. The predicted octanol–water partition coefficient (Wildman–Crippen LogP) is 3.92. The van der Waals surface area contributed by atoms with Gasteiger partial charge in [0.2, 0.25) is 0 Å². The third kappa shape index (κ3) is 2.93. The second-order valence-electron chi connectivity index (χ2n) is 5.85. The second kappa shape index (κ2) is 6.22. The van der Waals surface area contributed by atoms with Crippen LogP contribution in [-0.2, 0) is 0 Å². The van der Waals surface area contributed by atoms with Crippen LogP contribution in [0.15, 0.2) is 39.4 Å². The number of benzene rings is 1. The lowest BCUT2D eigenvalue weighted by Gasteiger charge is -2.34. The largest absolute Gasteiger partial charge is 0.444 e. The normalized spacial score (nSPS) is 15.2. The van der Waals surface area contributed by atoms with Gasteiger partial charge in [-0.15, -0.1) is 0 Å². The summed E-state index contributed by atoms with van der Waals surface area (Å²) in [5, 5.41) is 1.03. The first-order valence-electron chi connectivity index (χ1n) is 7.77. The lowest BCUT2D eigenvalue weighted by atomic mass is 10.2. The van der Waals surface area contributed by atoms with E-state index in [4.69, 9.17) is 9.40 Å². The minimum atomic E-state index is -0.0553. The van der Waals surface area contributed by atoms with Crippen molar-refractivity contribution < 1.29 is 9.21 Å². The number of anilines is 1. The molecule has 0 atom stereocenters. The summed E-state index contributed by atoms with van der Waals surface area (Å²) >= 11 is 4.95. The van der Waals surface area contributed by atoms with E-state index in [1.54, 1.807) is 23.5 Å². The molecule has 0 unspecified atom stereocenters. The summed E-state index contributed by atoms with van der Waals surface area (Å²) in [5.74, 6) is 0.325. The Kier molecular flexibility index (Phi) is 4.05. The highest BCUT2D eigenvalue weighted by Gasteiger charge is 2.25. The van der Waals surface area contributed by atoms with E-state index in [9.17, 15) is 4.79 Å². The molecule has 1 aliphatic heterocycles. The lowest BCUT2D eigenvalue weighted by Crippen LogP contribution is -2.48. The summed E-state index contributed by atoms with van der Waals surface area (Å²) in [6.07, 6.45) is 0. The standard InChI is InChI=1S/C17H16BrN3O2S/c1-11-2-3-12-14(10-11)24-17(19-12)21-8-6-20(7-9-21)16(22)13-4-5-15(18)23-13/h2-5,10H,6-9H2,1H3. The fourth-order valence-electron chi connectivity index (χ4n) is 2.84. The molecule has 4 rings (SSSR count). The molecule has 0 bridgehead atoms. The smallest absolute Gasteiger partial charge is 0.289 e. The van der Waals surface area contributed by atoms with Crippen molar-refractivity contribution in [1.29, 1.82) is 0 Å². The van der Waals surface area contributed by atoms with Crippen molar-refractivity contribution in [3.05, 3.63) is 46.3 Å². The van der Waals surface area contributed by atoms with E-state index in [0.717, 1.165) is 23.7 Å². The van der Waals surface area contributed by atoms with Crippen LogP contribution in [0.1, 0.15) is 16.1 Å². The highest BCUT2D eigenvalue weighted by Crippen LogP contribution is 2.30. The Morgan fingerprint density at radius 1 is 1.21 bits per heavy atom. The number of carbonyl (C=O) groups is 1. The van der Waals surface area contributed by atoms with Gasteiger partial charge in [-0.2, -0.15) is 0 Å². The number of amides is 1. The monoisotopic (exact) mass is 405 g/mol. The minimum absolute atomic E-state index is 0.0553. The topological polar surface area (TPSA) is 49.6 Å². The molecular formula is C17H16BrN3O2S. The van der Waals surface area contributed by atoms with E-state index < -0.39 is 0 Å². The van der Waals surface area contributed by atoms with Crippen molar-refractivity contribution in [1.82, 2.24) is 9.88 Å². The van der Waals surface area contributed by atoms with Crippen LogP contribution in [0.2, 0.25) is 0 Å². The van der Waals surface area contributed by atoms with Gasteiger partial charge in [-0.3, -0.25) is 4.79 Å². The van der Waals surface area contributed by atoms with Crippen LogP contribution in [0.3, 0.4) is 0 Å². The van der Waals surface area contributed by atoms with Crippen LogP contribution in [0, 0.1) is 6.92 Å². The molecule has 5 nitrogen and oxygen atoms in total. The van der Waals surface area contributed by atoms with Gasteiger partial charge < -0.3 is 14.2 Å². The van der Waals surface area contributed by atoms with Gasteiger partial charge in [0.15, 0.2) is 15.6 Å². The zero-order valence-electron chi connectivity index (χ0n) is 13.2. The number of piperazine rings is 1. The maximum absolute atomic E-state index is 12.4. The molecular weight excluding hydrogens is 390 g/mol. The van der Waals surface area contributed by atoms with Gasteiger partial charge in [0, 0.05) is 26.2 Å². The van der Waals surface area contributed by atoms with E-state index in [1.807, 2.05) is 4.90 Å². The summed E-state index contributed by atoms with van der Waals surface area (Å²) in [7, 11) is 0. The minimum Gasteiger partial charge on any atom is -0.444 e. The lowest BCUT2D eigenvalue weighted by molar-refractivity contribution is 0.0713. The van der Waals surface area contributed by atoms with E-state index >= 15 is 0 Å². The van der Waals surface area contributed by atoms with Crippen molar-refractivity contribution in [2.24, 2.45) is 0 Å². The quantitative estimate of drug-likeness (QED) is 0.647. The van der Waals surface area contributed by atoms with Crippen molar-refractivity contribution in [2.75, 3.05) is 31.1 Å². The number of furan rings is 1. The average molecular weight is 406 g/mol. The number of rotatable bonds is 2. The molecule has 0 radical (unpaired) electrons. The SMILES string of the molecule is Cc1ccc2nc(N3CCN(C(=O)c4ccc(Br)o4)CC3)sc2c1. The average Bonchev–Trinajstić information content (AvgIpc) is 3.20. The molecule has 0 saturated carbocycles. The van der Waals surface area contributed by atoms with Gasteiger partial charge >= 0.3 is 0 Å². The number of carbonyl (C=O) groups excluding carboxylic acids is 1. The van der Waals surface area contributed by atoms with Crippen LogP contribution in [0.5, 0.6) is 0 Å². The van der Waals surface area contributed by atoms with Crippen LogP contribution in [-0.4, -0.2) is 42.0 Å². The van der Waals surface area contributed by atoms with Crippen LogP contribution in [0.4, 0.5) is 5.13 Å². The van der Waals surface area contributed by atoms with E-state index in [1.165, 1.54) is 10.3 Å². The molecule has 0 aliphatic carbocycles. The number of hydrogen-bond donors (Lipinski definition) is 0. The van der Waals surface area contributed by atoms with Gasteiger partial charge in [-0.1, -0.05) is 17.4 Å². The molecule has 2 aromatic heterocycles. The van der Waals surface area contributed by atoms with E-state index in [2.05, 4.69) is 46.0 Å². The van der Waals surface area contributed by atoms with Crippen LogP contribution < -0.4 is 4.90 Å². The third-order valence-corrected chi connectivity index (χ3v) is 5.66. The third-order valence-electron chi connectivity index (χ3n) is 4.15. The second-order valence-corrected chi connectivity index (χ2v) is 7.64. The Morgan fingerprint density at radius 2 is 2.00 bits per heavy atom. The van der Waals surface area contributed by atoms with Crippen molar-refractivity contribution >= 4 is 48.5 Å². The van der Waals surface area contributed by atoms with E-state index in [-0.39, 0.29) is 5.91 Å². The molecule has 124 valence electrons. The van der Waals surface area contributed by atoms with Crippen LogP contribution >= 0.6 is 27.3 Å². The number of hydrogen-bond acceptors (Lipinski definition) is 5. The Hall–Kier alpha value is -1.86. The van der Waals surface area contributed by atoms with Gasteiger partial charge in [0.25, 0.3) is 5.91 Å². The molecule has 24 heavy (non-hydrogen) atoms. The molecule has 1 amide bonds. The maximum atomic E-state index is 12.4. The zero-order valence-corrected chi connectivity index (χ0v) is 15.6. The van der Waals surface area contributed by atoms with Gasteiger partial charge in [0.1, 0.15) is 0 Å².